The van der Waals surface area contributed by atoms with E-state index < -0.39 is 17.2 Å². The van der Waals surface area contributed by atoms with E-state index >= 15 is 0 Å². The second-order valence-corrected chi connectivity index (χ2v) is 6.86. The Morgan fingerprint density at radius 3 is 2.44 bits per heavy atom. The van der Waals surface area contributed by atoms with Crippen molar-refractivity contribution in [2.24, 2.45) is 0 Å². The third-order valence-electron chi connectivity index (χ3n) is 5.14. The molecule has 0 bridgehead atoms. The molecule has 1 aliphatic heterocycles. The number of rotatable bonds is 5. The van der Waals surface area contributed by atoms with Crippen molar-refractivity contribution in [3.63, 3.8) is 0 Å². The topological polar surface area (TPSA) is 66.8 Å². The predicted molar refractivity (Wildman–Crippen MR) is 98.2 cm³/mol. The van der Waals surface area contributed by atoms with E-state index in [0.29, 0.717) is 25.9 Å². The molecule has 2 aromatic rings. The molecular weight excluding hydrogens is 349 g/mol. The van der Waals surface area contributed by atoms with E-state index in [0.717, 1.165) is 11.1 Å². The summed E-state index contributed by atoms with van der Waals surface area (Å²) in [7, 11) is 0. The number of hydrogen-bond acceptors (Lipinski definition) is 3. The van der Waals surface area contributed by atoms with Crippen LogP contribution >= 0.6 is 0 Å². The van der Waals surface area contributed by atoms with Crippen LogP contribution in [0, 0.1) is 12.7 Å². The largest absolute Gasteiger partial charge is 0.481 e. The van der Waals surface area contributed by atoms with Gasteiger partial charge in [0, 0.05) is 13.1 Å². The van der Waals surface area contributed by atoms with Crippen molar-refractivity contribution in [1.82, 2.24) is 4.90 Å². The number of amides is 1. The number of ether oxygens (including phenoxy) is 1. The average Bonchev–Trinajstić information content (AvgIpc) is 2.69. The van der Waals surface area contributed by atoms with Gasteiger partial charge >= 0.3 is 5.97 Å². The normalized spacial score (nSPS) is 16.0. The van der Waals surface area contributed by atoms with Crippen molar-refractivity contribution in [3.05, 3.63) is 65.5 Å². The Hall–Kier alpha value is -2.89. The summed E-state index contributed by atoms with van der Waals surface area (Å²) in [5, 5.41) is 9.81. The number of halogens is 1. The molecule has 5 nitrogen and oxygen atoms in total. The molecule has 0 aromatic heterocycles. The number of carboxylic acids is 1. The monoisotopic (exact) mass is 371 g/mol. The zero-order valence-electron chi connectivity index (χ0n) is 15.2. The minimum Gasteiger partial charge on any atom is -0.481 e. The van der Waals surface area contributed by atoms with Crippen LogP contribution in [0.15, 0.2) is 48.5 Å². The number of carbonyl (C=O) groups excluding carboxylic acids is 1. The number of benzene rings is 2. The highest BCUT2D eigenvalue weighted by molar-refractivity contribution is 5.83. The van der Waals surface area contributed by atoms with Crippen LogP contribution in [0.25, 0.3) is 0 Å². The molecule has 2 aromatic carbocycles. The minimum absolute atomic E-state index is 0.0459. The molecular formula is C21H22FNO4. The summed E-state index contributed by atoms with van der Waals surface area (Å²) >= 11 is 0. The molecule has 0 spiro atoms. The van der Waals surface area contributed by atoms with Crippen LogP contribution in [-0.2, 0) is 15.0 Å². The maximum absolute atomic E-state index is 13.7. The molecule has 3 rings (SSSR count). The number of carbonyl (C=O) groups is 2. The number of hydrogen-bond donors (Lipinski definition) is 1. The fourth-order valence-corrected chi connectivity index (χ4v) is 3.47. The second-order valence-electron chi connectivity index (χ2n) is 6.86. The van der Waals surface area contributed by atoms with Crippen LogP contribution in [-0.4, -0.2) is 41.6 Å². The Bertz CT molecular complexity index is 829. The Balaban J connectivity index is 1.63. The molecule has 6 heteroatoms. The fraction of sp³-hybridized carbons (Fsp3) is 0.333. The molecule has 0 saturated carbocycles. The molecule has 0 atom stereocenters. The smallest absolute Gasteiger partial charge is 0.314 e. The Kier molecular flexibility index (Phi) is 5.44. The molecule has 1 amide bonds. The zero-order chi connectivity index (χ0) is 19.4. The standard InChI is InChI=1S/C21H22FNO4/c1-15-7-8-17(22)18(13-15)27-14-19(24)23-11-9-21(10-12-23,20(25)26)16-5-3-2-4-6-16/h2-8,13H,9-12,14H2,1H3,(H,25,26). The number of nitrogens with zero attached hydrogens (tertiary/aromatic N) is 1. The first kappa shape index (κ1) is 18.9. The van der Waals surface area contributed by atoms with E-state index in [1.807, 2.05) is 37.3 Å². The molecule has 27 heavy (non-hydrogen) atoms. The van der Waals surface area contributed by atoms with E-state index in [9.17, 15) is 19.1 Å². The number of likely N-dealkylation sites (tertiary alicyclic amines) is 1. The van der Waals surface area contributed by atoms with E-state index in [1.165, 1.54) is 6.07 Å². The number of piperidine rings is 1. The molecule has 0 radical (unpaired) electrons. The number of carboxylic acid groups (broad SMARTS) is 1. The van der Waals surface area contributed by atoms with Crippen molar-refractivity contribution < 1.29 is 23.8 Å². The van der Waals surface area contributed by atoms with Crippen LogP contribution in [0.5, 0.6) is 5.75 Å². The lowest BCUT2D eigenvalue weighted by Crippen LogP contribution is -2.50. The van der Waals surface area contributed by atoms with Gasteiger partial charge < -0.3 is 14.7 Å². The summed E-state index contributed by atoms with van der Waals surface area (Å²) in [6, 6.07) is 13.6. The maximum atomic E-state index is 13.7. The van der Waals surface area contributed by atoms with E-state index in [1.54, 1.807) is 17.0 Å². The van der Waals surface area contributed by atoms with Gasteiger partial charge in [-0.1, -0.05) is 36.4 Å². The summed E-state index contributed by atoms with van der Waals surface area (Å²) < 4.78 is 19.1. The highest BCUT2D eigenvalue weighted by Gasteiger charge is 2.43. The predicted octanol–water partition coefficient (Wildman–Crippen LogP) is 3.16. The van der Waals surface area contributed by atoms with Crippen LogP contribution in [0.4, 0.5) is 4.39 Å². The molecule has 142 valence electrons. The molecule has 1 fully saturated rings. The van der Waals surface area contributed by atoms with Crippen molar-refractivity contribution in [3.8, 4) is 5.75 Å². The Labute approximate surface area is 157 Å². The van der Waals surface area contributed by atoms with E-state index in [4.69, 9.17) is 4.74 Å². The number of aliphatic carboxylic acids is 1. The van der Waals surface area contributed by atoms with Gasteiger partial charge in [-0.15, -0.1) is 0 Å². The van der Waals surface area contributed by atoms with Crippen LogP contribution in [0.1, 0.15) is 24.0 Å². The molecule has 1 aliphatic rings. The van der Waals surface area contributed by atoms with Gasteiger partial charge in [0.05, 0.1) is 5.41 Å². The molecule has 0 aliphatic carbocycles. The third kappa shape index (κ3) is 3.94. The first-order chi connectivity index (χ1) is 12.9. The molecule has 1 N–H and O–H groups in total. The van der Waals surface area contributed by atoms with Crippen LogP contribution in [0.2, 0.25) is 0 Å². The Morgan fingerprint density at radius 1 is 1.15 bits per heavy atom. The minimum atomic E-state index is -0.985. The zero-order valence-corrected chi connectivity index (χ0v) is 15.2. The number of aryl methyl sites for hydroxylation is 1. The van der Waals surface area contributed by atoms with Gasteiger partial charge in [0.15, 0.2) is 18.2 Å². The van der Waals surface area contributed by atoms with Crippen molar-refractivity contribution in [2.45, 2.75) is 25.2 Å². The fourth-order valence-electron chi connectivity index (χ4n) is 3.47. The average molecular weight is 371 g/mol. The first-order valence-electron chi connectivity index (χ1n) is 8.88. The van der Waals surface area contributed by atoms with Crippen molar-refractivity contribution in [2.75, 3.05) is 19.7 Å². The van der Waals surface area contributed by atoms with Crippen molar-refractivity contribution >= 4 is 11.9 Å². The first-order valence-corrected chi connectivity index (χ1v) is 8.88. The molecule has 1 saturated heterocycles. The maximum Gasteiger partial charge on any atom is 0.314 e. The second kappa shape index (κ2) is 7.78. The van der Waals surface area contributed by atoms with Gasteiger partial charge in [-0.05, 0) is 43.0 Å². The highest BCUT2D eigenvalue weighted by atomic mass is 19.1. The quantitative estimate of drug-likeness (QED) is 0.877. The molecule has 0 unspecified atom stereocenters. The summed E-state index contributed by atoms with van der Waals surface area (Å²) in [6.07, 6.45) is 0.661. The van der Waals surface area contributed by atoms with Gasteiger partial charge in [0.1, 0.15) is 0 Å². The summed E-state index contributed by atoms with van der Waals surface area (Å²) in [6.45, 7) is 2.18. The van der Waals surface area contributed by atoms with Gasteiger partial charge in [0.25, 0.3) is 5.91 Å². The van der Waals surface area contributed by atoms with Crippen LogP contribution in [0.3, 0.4) is 0 Å². The van der Waals surface area contributed by atoms with Gasteiger partial charge in [-0.2, -0.15) is 0 Å². The van der Waals surface area contributed by atoms with E-state index in [-0.39, 0.29) is 18.3 Å². The summed E-state index contributed by atoms with van der Waals surface area (Å²) in [5.41, 5.74) is 0.607. The summed E-state index contributed by atoms with van der Waals surface area (Å²) in [5.74, 6) is -1.62. The summed E-state index contributed by atoms with van der Waals surface area (Å²) in [4.78, 5) is 26.0. The van der Waals surface area contributed by atoms with Crippen molar-refractivity contribution in [1.29, 1.82) is 0 Å². The lowest BCUT2D eigenvalue weighted by molar-refractivity contribution is -0.148. The molecule has 1 heterocycles. The van der Waals surface area contributed by atoms with Gasteiger partial charge in [-0.3, -0.25) is 9.59 Å². The van der Waals surface area contributed by atoms with Crippen LogP contribution < -0.4 is 4.74 Å². The highest BCUT2D eigenvalue weighted by Crippen LogP contribution is 2.36. The van der Waals surface area contributed by atoms with Gasteiger partial charge in [0.2, 0.25) is 0 Å². The Morgan fingerprint density at radius 2 is 1.81 bits per heavy atom. The van der Waals surface area contributed by atoms with E-state index in [2.05, 4.69) is 0 Å². The lowest BCUT2D eigenvalue weighted by atomic mass is 9.73. The lowest BCUT2D eigenvalue weighted by Gasteiger charge is -2.39. The SMILES string of the molecule is Cc1ccc(F)c(OCC(=O)N2CCC(C(=O)O)(c3ccccc3)CC2)c1. The third-order valence-corrected chi connectivity index (χ3v) is 5.14. The van der Waals surface area contributed by atoms with Gasteiger partial charge in [-0.25, -0.2) is 4.39 Å².